The second-order valence-electron chi connectivity index (χ2n) is 6.33. The summed E-state index contributed by atoms with van der Waals surface area (Å²) in [5.41, 5.74) is 1.29. The predicted molar refractivity (Wildman–Crippen MR) is 86.0 cm³/mol. The number of nitrogens with one attached hydrogen (secondary N) is 1. The van der Waals surface area contributed by atoms with Crippen LogP contribution in [0.1, 0.15) is 43.7 Å². The lowest BCUT2D eigenvalue weighted by Crippen LogP contribution is -2.27. The Bertz CT molecular complexity index is 430. The summed E-state index contributed by atoms with van der Waals surface area (Å²) in [5.74, 6) is 1.50. The summed E-state index contributed by atoms with van der Waals surface area (Å²) in [7, 11) is 8.03. The first-order valence-corrected chi connectivity index (χ1v) is 8.07. The van der Waals surface area contributed by atoms with Crippen LogP contribution in [0.2, 0.25) is 0 Å². The Morgan fingerprint density at radius 1 is 1.38 bits per heavy atom. The average Bonchev–Trinajstić information content (AvgIpc) is 2.74. The Morgan fingerprint density at radius 2 is 2.14 bits per heavy atom. The maximum absolute atomic E-state index is 5.58. The monoisotopic (exact) mass is 294 g/mol. The van der Waals surface area contributed by atoms with Crippen molar-refractivity contribution < 1.29 is 4.74 Å². The summed E-state index contributed by atoms with van der Waals surface area (Å²) in [6.07, 6.45) is 8.19. The molecule has 5 heteroatoms. The molecule has 2 rings (SSSR count). The zero-order valence-corrected chi connectivity index (χ0v) is 13.9. The van der Waals surface area contributed by atoms with Crippen LogP contribution in [0.5, 0.6) is 5.75 Å². The Morgan fingerprint density at radius 3 is 2.81 bits per heavy atom. The number of nitrogens with zero attached hydrogens (tertiary/aromatic N) is 3. The van der Waals surface area contributed by atoms with Gasteiger partial charge in [-0.3, -0.25) is 4.68 Å². The van der Waals surface area contributed by atoms with E-state index >= 15 is 0 Å². The van der Waals surface area contributed by atoms with E-state index in [4.69, 9.17) is 4.74 Å². The molecule has 21 heavy (non-hydrogen) atoms. The summed E-state index contributed by atoms with van der Waals surface area (Å²) in [5, 5.41) is 8.02. The van der Waals surface area contributed by atoms with Crippen LogP contribution >= 0.6 is 0 Å². The molecule has 1 fully saturated rings. The standard InChI is InChI=1S/C16H30N4O/c1-17-14-8-6-5-7-13(11-14)16-15(21-4)12-18-20(16)10-9-19(2)3/h12-14,17H,5-11H2,1-4H3. The molecule has 5 nitrogen and oxygen atoms in total. The maximum Gasteiger partial charge on any atom is 0.160 e. The third kappa shape index (κ3) is 4.20. The number of ether oxygens (including phenoxy) is 1. The predicted octanol–water partition coefficient (Wildman–Crippen LogP) is 2.09. The normalized spacial score (nSPS) is 23.3. The van der Waals surface area contributed by atoms with Crippen molar-refractivity contribution >= 4 is 0 Å². The van der Waals surface area contributed by atoms with Crippen molar-refractivity contribution in [2.24, 2.45) is 0 Å². The van der Waals surface area contributed by atoms with Gasteiger partial charge in [-0.05, 0) is 40.4 Å². The highest BCUT2D eigenvalue weighted by atomic mass is 16.5. The van der Waals surface area contributed by atoms with E-state index in [1.807, 2.05) is 6.20 Å². The second-order valence-corrected chi connectivity index (χ2v) is 6.33. The van der Waals surface area contributed by atoms with E-state index in [9.17, 15) is 0 Å². The number of methoxy groups -OCH3 is 1. The summed E-state index contributed by atoms with van der Waals surface area (Å²) in [6, 6.07) is 0.611. The third-order valence-corrected chi connectivity index (χ3v) is 4.54. The van der Waals surface area contributed by atoms with Crippen molar-refractivity contribution in [3.63, 3.8) is 0 Å². The smallest absolute Gasteiger partial charge is 0.160 e. The van der Waals surface area contributed by atoms with Gasteiger partial charge in [0, 0.05) is 18.5 Å². The van der Waals surface area contributed by atoms with Crippen LogP contribution in [0, 0.1) is 0 Å². The van der Waals surface area contributed by atoms with E-state index in [2.05, 4.69) is 41.1 Å². The van der Waals surface area contributed by atoms with Gasteiger partial charge in [0.2, 0.25) is 0 Å². The maximum atomic E-state index is 5.58. The lowest BCUT2D eigenvalue weighted by molar-refractivity contribution is 0.353. The minimum Gasteiger partial charge on any atom is -0.493 e. The molecule has 1 aliphatic rings. The van der Waals surface area contributed by atoms with E-state index in [-0.39, 0.29) is 0 Å². The zero-order valence-electron chi connectivity index (χ0n) is 13.9. The molecule has 1 N–H and O–H groups in total. The molecule has 1 aliphatic carbocycles. The molecular weight excluding hydrogens is 264 g/mol. The van der Waals surface area contributed by atoms with Crippen LogP contribution in [-0.2, 0) is 6.54 Å². The minimum absolute atomic E-state index is 0.546. The lowest BCUT2D eigenvalue weighted by Gasteiger charge is -2.22. The quantitative estimate of drug-likeness (QED) is 0.816. The second kappa shape index (κ2) is 7.80. The summed E-state index contributed by atoms with van der Waals surface area (Å²) >= 11 is 0. The van der Waals surface area contributed by atoms with Gasteiger partial charge in [0.25, 0.3) is 0 Å². The van der Waals surface area contributed by atoms with Gasteiger partial charge in [-0.1, -0.05) is 12.8 Å². The molecule has 1 aromatic rings. The first-order valence-electron chi connectivity index (χ1n) is 8.07. The minimum atomic E-state index is 0.546. The molecule has 0 amide bonds. The Kier molecular flexibility index (Phi) is 6.06. The highest BCUT2D eigenvalue weighted by molar-refractivity contribution is 5.29. The Labute approximate surface area is 128 Å². The number of rotatable bonds is 6. The van der Waals surface area contributed by atoms with Crippen LogP contribution in [-0.4, -0.2) is 55.5 Å². The zero-order chi connectivity index (χ0) is 15.2. The van der Waals surface area contributed by atoms with Gasteiger partial charge in [0.1, 0.15) is 0 Å². The molecule has 2 unspecified atom stereocenters. The van der Waals surface area contributed by atoms with Crippen molar-refractivity contribution in [2.45, 2.75) is 50.6 Å². The Balaban J connectivity index is 2.20. The average molecular weight is 294 g/mol. The van der Waals surface area contributed by atoms with Gasteiger partial charge < -0.3 is 15.0 Å². The van der Waals surface area contributed by atoms with Crippen LogP contribution in [0.4, 0.5) is 0 Å². The highest BCUT2D eigenvalue weighted by Crippen LogP contribution is 2.36. The summed E-state index contributed by atoms with van der Waals surface area (Å²) < 4.78 is 7.73. The number of hydrogen-bond donors (Lipinski definition) is 1. The summed E-state index contributed by atoms with van der Waals surface area (Å²) in [4.78, 5) is 2.20. The molecule has 0 spiro atoms. The van der Waals surface area contributed by atoms with E-state index in [1.165, 1.54) is 37.8 Å². The molecule has 0 aromatic carbocycles. The first kappa shape index (κ1) is 16.3. The fraction of sp³-hybridized carbons (Fsp3) is 0.812. The van der Waals surface area contributed by atoms with E-state index < -0.39 is 0 Å². The van der Waals surface area contributed by atoms with Crippen LogP contribution < -0.4 is 10.1 Å². The molecule has 0 bridgehead atoms. The fourth-order valence-electron chi connectivity index (χ4n) is 3.29. The molecular formula is C16H30N4O. The molecule has 0 saturated heterocycles. The molecule has 1 aromatic heterocycles. The van der Waals surface area contributed by atoms with Crippen LogP contribution in [0.15, 0.2) is 6.20 Å². The van der Waals surface area contributed by atoms with E-state index in [0.717, 1.165) is 18.8 Å². The van der Waals surface area contributed by atoms with Crippen molar-refractivity contribution in [3.8, 4) is 5.75 Å². The van der Waals surface area contributed by atoms with Gasteiger partial charge in [-0.15, -0.1) is 0 Å². The molecule has 0 aliphatic heterocycles. The molecule has 1 saturated carbocycles. The van der Waals surface area contributed by atoms with Gasteiger partial charge in [0.05, 0.1) is 25.5 Å². The van der Waals surface area contributed by atoms with Crippen LogP contribution in [0.25, 0.3) is 0 Å². The molecule has 2 atom stereocenters. The van der Waals surface area contributed by atoms with E-state index in [0.29, 0.717) is 12.0 Å². The summed E-state index contributed by atoms with van der Waals surface area (Å²) in [6.45, 7) is 1.92. The van der Waals surface area contributed by atoms with Gasteiger partial charge in [0.15, 0.2) is 5.75 Å². The molecule has 0 radical (unpaired) electrons. The Hall–Kier alpha value is -1.07. The van der Waals surface area contributed by atoms with Crippen molar-refractivity contribution in [3.05, 3.63) is 11.9 Å². The number of likely N-dealkylation sites (N-methyl/N-ethyl adjacent to an activating group) is 1. The van der Waals surface area contributed by atoms with Crippen LogP contribution in [0.3, 0.4) is 0 Å². The van der Waals surface area contributed by atoms with Gasteiger partial charge in [-0.25, -0.2) is 0 Å². The molecule has 1 heterocycles. The van der Waals surface area contributed by atoms with E-state index in [1.54, 1.807) is 7.11 Å². The highest BCUT2D eigenvalue weighted by Gasteiger charge is 2.26. The fourth-order valence-corrected chi connectivity index (χ4v) is 3.29. The van der Waals surface area contributed by atoms with Crippen molar-refractivity contribution in [1.82, 2.24) is 20.0 Å². The number of hydrogen-bond acceptors (Lipinski definition) is 4. The van der Waals surface area contributed by atoms with Crippen molar-refractivity contribution in [2.75, 3.05) is 34.8 Å². The first-order chi connectivity index (χ1) is 10.2. The topological polar surface area (TPSA) is 42.3 Å². The molecule has 120 valence electrons. The van der Waals surface area contributed by atoms with Gasteiger partial charge in [-0.2, -0.15) is 5.10 Å². The third-order valence-electron chi connectivity index (χ3n) is 4.54. The number of aromatic nitrogens is 2. The van der Waals surface area contributed by atoms with Gasteiger partial charge >= 0.3 is 0 Å². The van der Waals surface area contributed by atoms with Crippen molar-refractivity contribution in [1.29, 1.82) is 0 Å². The SMILES string of the molecule is CNC1CCCCC(c2c(OC)cnn2CCN(C)C)C1. The lowest BCUT2D eigenvalue weighted by atomic mass is 9.94. The largest absolute Gasteiger partial charge is 0.493 e.